The standard InChI is InChI=1S/C25H23N5O3/c1-18-6-7-20(15-23(18)33-22-8-11-26-12-9-22)25(32)27-16-19-4-2-5-21(14-19)29-24(31)17-30-13-3-10-28-30/h2-15H,16-17H2,1H3,(H,27,32)(H,29,31). The van der Waals surface area contributed by atoms with Crippen molar-refractivity contribution in [1.82, 2.24) is 20.1 Å². The molecule has 0 saturated carbocycles. The van der Waals surface area contributed by atoms with Crippen LogP contribution in [0.3, 0.4) is 0 Å². The number of anilines is 1. The molecule has 166 valence electrons. The van der Waals surface area contributed by atoms with Gasteiger partial charge in [0, 0.05) is 42.6 Å². The van der Waals surface area contributed by atoms with Crippen molar-refractivity contribution in [2.75, 3.05) is 5.32 Å². The minimum absolute atomic E-state index is 0.130. The smallest absolute Gasteiger partial charge is 0.251 e. The third-order valence-electron chi connectivity index (χ3n) is 4.86. The molecule has 0 spiro atoms. The molecule has 4 rings (SSSR count). The molecule has 0 aliphatic rings. The van der Waals surface area contributed by atoms with Crippen LogP contribution in [0.4, 0.5) is 5.69 Å². The van der Waals surface area contributed by atoms with E-state index in [1.165, 1.54) is 0 Å². The summed E-state index contributed by atoms with van der Waals surface area (Å²) < 4.78 is 7.44. The second-order valence-corrected chi connectivity index (χ2v) is 7.40. The first-order valence-electron chi connectivity index (χ1n) is 10.4. The van der Waals surface area contributed by atoms with Gasteiger partial charge in [0.2, 0.25) is 5.91 Å². The van der Waals surface area contributed by atoms with Crippen LogP contribution in [0.15, 0.2) is 85.5 Å². The lowest BCUT2D eigenvalue weighted by molar-refractivity contribution is -0.116. The van der Waals surface area contributed by atoms with Gasteiger partial charge in [-0.1, -0.05) is 18.2 Å². The van der Waals surface area contributed by atoms with E-state index in [2.05, 4.69) is 20.7 Å². The number of amides is 2. The Bertz CT molecular complexity index is 1240. The van der Waals surface area contributed by atoms with Crippen molar-refractivity contribution in [3.05, 3.63) is 102 Å². The van der Waals surface area contributed by atoms with Crippen molar-refractivity contribution in [1.29, 1.82) is 0 Å². The predicted molar refractivity (Wildman–Crippen MR) is 124 cm³/mol. The summed E-state index contributed by atoms with van der Waals surface area (Å²) in [5.41, 5.74) is 2.93. The summed E-state index contributed by atoms with van der Waals surface area (Å²) in [5, 5.41) is 9.78. The summed E-state index contributed by atoms with van der Waals surface area (Å²) in [6.07, 6.45) is 6.65. The van der Waals surface area contributed by atoms with Crippen molar-refractivity contribution < 1.29 is 14.3 Å². The fourth-order valence-electron chi connectivity index (χ4n) is 3.17. The maximum atomic E-state index is 12.7. The number of carbonyl (C=O) groups is 2. The molecule has 8 nitrogen and oxygen atoms in total. The molecule has 2 heterocycles. The van der Waals surface area contributed by atoms with Crippen LogP contribution in [0.2, 0.25) is 0 Å². The first-order chi connectivity index (χ1) is 16.1. The number of aromatic nitrogens is 3. The molecule has 8 heteroatoms. The number of hydrogen-bond donors (Lipinski definition) is 2. The number of nitrogens with zero attached hydrogens (tertiary/aromatic N) is 3. The Morgan fingerprint density at radius 2 is 1.85 bits per heavy atom. The summed E-state index contributed by atoms with van der Waals surface area (Å²) >= 11 is 0. The van der Waals surface area contributed by atoms with Crippen LogP contribution in [-0.2, 0) is 17.9 Å². The summed E-state index contributed by atoms with van der Waals surface area (Å²) in [6.45, 7) is 2.37. The van der Waals surface area contributed by atoms with Gasteiger partial charge in [-0.05, 0) is 60.5 Å². The van der Waals surface area contributed by atoms with Gasteiger partial charge in [0.1, 0.15) is 18.0 Å². The van der Waals surface area contributed by atoms with Crippen LogP contribution in [0.1, 0.15) is 21.5 Å². The summed E-state index contributed by atoms with van der Waals surface area (Å²) in [6, 6.07) is 17.9. The fraction of sp³-hybridized carbons (Fsp3) is 0.120. The first kappa shape index (κ1) is 21.8. The number of aryl methyl sites for hydroxylation is 1. The van der Waals surface area contributed by atoms with Gasteiger partial charge in [-0.2, -0.15) is 5.10 Å². The van der Waals surface area contributed by atoms with Gasteiger partial charge in [-0.25, -0.2) is 0 Å². The molecule has 2 aromatic carbocycles. The van der Waals surface area contributed by atoms with E-state index in [9.17, 15) is 9.59 Å². The third kappa shape index (κ3) is 6.04. The van der Waals surface area contributed by atoms with Crippen molar-refractivity contribution in [3.63, 3.8) is 0 Å². The number of rotatable bonds is 8. The first-order valence-corrected chi connectivity index (χ1v) is 10.4. The summed E-state index contributed by atoms with van der Waals surface area (Å²) in [4.78, 5) is 28.9. The number of ether oxygens (including phenoxy) is 1. The molecule has 0 saturated heterocycles. The molecule has 0 radical (unpaired) electrons. The van der Waals surface area contributed by atoms with E-state index in [0.29, 0.717) is 29.3 Å². The van der Waals surface area contributed by atoms with E-state index in [1.807, 2.05) is 31.2 Å². The zero-order valence-corrected chi connectivity index (χ0v) is 18.1. The van der Waals surface area contributed by atoms with E-state index in [4.69, 9.17) is 4.74 Å². The third-order valence-corrected chi connectivity index (χ3v) is 4.86. The molecule has 0 bridgehead atoms. The Kier molecular flexibility index (Phi) is 6.75. The van der Waals surface area contributed by atoms with Crippen molar-refractivity contribution in [2.24, 2.45) is 0 Å². The molecule has 2 amide bonds. The molecule has 2 aromatic heterocycles. The Labute approximate surface area is 191 Å². The monoisotopic (exact) mass is 441 g/mol. The maximum Gasteiger partial charge on any atom is 0.251 e. The van der Waals surface area contributed by atoms with Gasteiger partial charge in [0.25, 0.3) is 5.91 Å². The molecule has 33 heavy (non-hydrogen) atoms. The van der Waals surface area contributed by atoms with Crippen molar-refractivity contribution >= 4 is 17.5 Å². The van der Waals surface area contributed by atoms with E-state index in [1.54, 1.807) is 65.9 Å². The van der Waals surface area contributed by atoms with Crippen LogP contribution < -0.4 is 15.4 Å². The van der Waals surface area contributed by atoms with Crippen LogP contribution in [0.5, 0.6) is 11.5 Å². The van der Waals surface area contributed by atoms with Gasteiger partial charge in [0.15, 0.2) is 0 Å². The van der Waals surface area contributed by atoms with E-state index in [-0.39, 0.29) is 18.4 Å². The summed E-state index contributed by atoms with van der Waals surface area (Å²) in [5.74, 6) is 0.858. The van der Waals surface area contributed by atoms with E-state index >= 15 is 0 Å². The molecular weight excluding hydrogens is 418 g/mol. The van der Waals surface area contributed by atoms with Crippen LogP contribution >= 0.6 is 0 Å². The van der Waals surface area contributed by atoms with Gasteiger partial charge < -0.3 is 15.4 Å². The molecule has 2 N–H and O–H groups in total. The zero-order valence-electron chi connectivity index (χ0n) is 18.1. The largest absolute Gasteiger partial charge is 0.457 e. The summed E-state index contributed by atoms with van der Waals surface area (Å²) in [7, 11) is 0. The van der Waals surface area contributed by atoms with Crippen LogP contribution in [0, 0.1) is 6.92 Å². The Morgan fingerprint density at radius 3 is 2.64 bits per heavy atom. The minimum Gasteiger partial charge on any atom is -0.457 e. The Morgan fingerprint density at radius 1 is 1.00 bits per heavy atom. The molecule has 0 aliphatic heterocycles. The second kappa shape index (κ2) is 10.2. The lowest BCUT2D eigenvalue weighted by Gasteiger charge is -2.12. The molecule has 0 aliphatic carbocycles. The second-order valence-electron chi connectivity index (χ2n) is 7.40. The lowest BCUT2D eigenvalue weighted by atomic mass is 10.1. The number of pyridine rings is 1. The van der Waals surface area contributed by atoms with E-state index in [0.717, 1.165) is 11.1 Å². The number of carbonyl (C=O) groups excluding carboxylic acids is 2. The maximum absolute atomic E-state index is 12.7. The Hall–Kier alpha value is -4.46. The van der Waals surface area contributed by atoms with Crippen molar-refractivity contribution in [3.8, 4) is 11.5 Å². The average molecular weight is 441 g/mol. The molecular formula is C25H23N5O3. The van der Waals surface area contributed by atoms with Gasteiger partial charge >= 0.3 is 0 Å². The SMILES string of the molecule is Cc1ccc(C(=O)NCc2cccc(NC(=O)Cn3cccn3)c2)cc1Oc1ccncc1. The van der Waals surface area contributed by atoms with Crippen LogP contribution in [-0.4, -0.2) is 26.6 Å². The zero-order chi connectivity index (χ0) is 23.0. The highest BCUT2D eigenvalue weighted by molar-refractivity contribution is 5.94. The van der Waals surface area contributed by atoms with Crippen molar-refractivity contribution in [2.45, 2.75) is 20.0 Å². The van der Waals surface area contributed by atoms with E-state index < -0.39 is 0 Å². The normalized spacial score (nSPS) is 10.5. The highest BCUT2D eigenvalue weighted by atomic mass is 16.5. The molecule has 0 unspecified atom stereocenters. The highest BCUT2D eigenvalue weighted by Gasteiger charge is 2.10. The van der Waals surface area contributed by atoms with Gasteiger partial charge in [-0.3, -0.25) is 19.3 Å². The fourth-order valence-corrected chi connectivity index (χ4v) is 3.17. The topological polar surface area (TPSA) is 98.1 Å². The van der Waals surface area contributed by atoms with Crippen LogP contribution in [0.25, 0.3) is 0 Å². The number of nitrogens with one attached hydrogen (secondary N) is 2. The molecule has 0 fully saturated rings. The molecule has 0 atom stereocenters. The number of hydrogen-bond acceptors (Lipinski definition) is 5. The quantitative estimate of drug-likeness (QED) is 0.432. The highest BCUT2D eigenvalue weighted by Crippen LogP contribution is 2.25. The number of benzene rings is 2. The van der Waals surface area contributed by atoms with Gasteiger partial charge in [-0.15, -0.1) is 0 Å². The van der Waals surface area contributed by atoms with Gasteiger partial charge in [0.05, 0.1) is 0 Å². The average Bonchev–Trinajstić information content (AvgIpc) is 3.33. The molecule has 4 aromatic rings. The Balaban J connectivity index is 1.36. The lowest BCUT2D eigenvalue weighted by Crippen LogP contribution is -2.23. The minimum atomic E-state index is -0.220. The predicted octanol–water partition coefficient (Wildman–Crippen LogP) is 3.95.